The lowest BCUT2D eigenvalue weighted by Gasteiger charge is -2.14. The van der Waals surface area contributed by atoms with Gasteiger partial charge in [0.1, 0.15) is 0 Å². The maximum Gasteiger partial charge on any atom is 0.255 e. The van der Waals surface area contributed by atoms with E-state index in [4.69, 9.17) is 0 Å². The number of benzene rings is 1. The zero-order valence-corrected chi connectivity index (χ0v) is 17.8. The molecule has 0 atom stereocenters. The lowest BCUT2D eigenvalue weighted by Crippen LogP contribution is -2.27. The molecule has 1 amide bonds. The van der Waals surface area contributed by atoms with E-state index in [0.717, 1.165) is 68.1 Å². The fraction of sp³-hybridized carbons (Fsp3) is 0.409. The Hall–Kier alpha value is -2.74. The molecule has 2 aromatic heterocycles. The van der Waals surface area contributed by atoms with Crippen molar-refractivity contribution in [1.29, 1.82) is 0 Å². The molecular weight excluding hydrogens is 396 g/mol. The summed E-state index contributed by atoms with van der Waals surface area (Å²) in [5.74, 6) is 1.78. The molecule has 1 fully saturated rings. The second kappa shape index (κ2) is 10.3. The topological polar surface area (TPSA) is 76.8 Å². The first-order valence-corrected chi connectivity index (χ1v) is 11.5. The molecule has 8 heteroatoms. The van der Waals surface area contributed by atoms with Crippen LogP contribution in [0.15, 0.2) is 53.7 Å². The van der Waals surface area contributed by atoms with Gasteiger partial charge in [0.05, 0.1) is 17.1 Å². The smallest absolute Gasteiger partial charge is 0.255 e. The van der Waals surface area contributed by atoms with E-state index >= 15 is 0 Å². The number of aryl methyl sites for hydroxylation is 1. The van der Waals surface area contributed by atoms with E-state index in [-0.39, 0.29) is 5.91 Å². The van der Waals surface area contributed by atoms with Gasteiger partial charge in [0, 0.05) is 24.8 Å². The highest BCUT2D eigenvalue weighted by Gasteiger charge is 2.19. The standard InChI is InChI=1S/C22H26N6OS/c29-22(27-13-6-7-14-27)19-11-12-20(23-17-19)30-16-8-2-5-15-28-25-21(24-26-28)18-9-3-1-4-10-18/h1,3-4,9-12,17H,2,5-8,13-16H2. The summed E-state index contributed by atoms with van der Waals surface area (Å²) in [6.07, 6.45) is 7.13. The minimum atomic E-state index is 0.105. The monoisotopic (exact) mass is 422 g/mol. The zero-order valence-electron chi connectivity index (χ0n) is 17.0. The summed E-state index contributed by atoms with van der Waals surface area (Å²) in [6.45, 7) is 2.51. The Morgan fingerprint density at radius 1 is 1.00 bits per heavy atom. The summed E-state index contributed by atoms with van der Waals surface area (Å²) >= 11 is 1.73. The number of carbonyl (C=O) groups is 1. The van der Waals surface area contributed by atoms with Gasteiger partial charge in [-0.3, -0.25) is 4.79 Å². The Kier molecular flexibility index (Phi) is 7.07. The quantitative estimate of drug-likeness (QED) is 0.384. The van der Waals surface area contributed by atoms with Crippen LogP contribution in [0.5, 0.6) is 0 Å². The average Bonchev–Trinajstić information content (AvgIpc) is 3.49. The van der Waals surface area contributed by atoms with Crippen LogP contribution in [0.2, 0.25) is 0 Å². The van der Waals surface area contributed by atoms with Crippen molar-refractivity contribution in [2.24, 2.45) is 0 Å². The molecule has 0 spiro atoms. The third kappa shape index (κ3) is 5.44. The van der Waals surface area contributed by atoms with E-state index in [1.807, 2.05) is 47.4 Å². The van der Waals surface area contributed by atoms with Crippen LogP contribution in [0, 0.1) is 0 Å². The number of hydrogen-bond donors (Lipinski definition) is 0. The number of nitrogens with zero attached hydrogens (tertiary/aromatic N) is 6. The first-order chi connectivity index (χ1) is 14.8. The van der Waals surface area contributed by atoms with Crippen molar-refractivity contribution in [3.63, 3.8) is 0 Å². The zero-order chi connectivity index (χ0) is 20.6. The van der Waals surface area contributed by atoms with E-state index < -0.39 is 0 Å². The van der Waals surface area contributed by atoms with Gasteiger partial charge in [0.2, 0.25) is 5.82 Å². The maximum atomic E-state index is 12.4. The van der Waals surface area contributed by atoms with E-state index in [9.17, 15) is 4.79 Å². The molecule has 0 bridgehead atoms. The van der Waals surface area contributed by atoms with Crippen LogP contribution in [0.3, 0.4) is 0 Å². The van der Waals surface area contributed by atoms with Crippen LogP contribution in [0.1, 0.15) is 42.5 Å². The SMILES string of the molecule is O=C(c1ccc(SCCCCCn2nnc(-c3ccccc3)n2)nc1)N1CCCC1. The van der Waals surface area contributed by atoms with Gasteiger partial charge in [0.25, 0.3) is 5.91 Å². The number of unbranched alkanes of at least 4 members (excludes halogenated alkanes) is 2. The maximum absolute atomic E-state index is 12.4. The summed E-state index contributed by atoms with van der Waals surface area (Å²) in [4.78, 5) is 20.4. The molecule has 3 heterocycles. The van der Waals surface area contributed by atoms with Gasteiger partial charge >= 0.3 is 0 Å². The predicted molar refractivity (Wildman–Crippen MR) is 117 cm³/mol. The molecule has 1 saturated heterocycles. The Balaban J connectivity index is 1.14. The second-order valence-electron chi connectivity index (χ2n) is 7.37. The number of rotatable bonds is 9. The van der Waals surface area contributed by atoms with E-state index in [1.54, 1.807) is 22.8 Å². The van der Waals surface area contributed by atoms with Crippen LogP contribution in [0.4, 0.5) is 0 Å². The van der Waals surface area contributed by atoms with Crippen LogP contribution in [-0.2, 0) is 6.54 Å². The highest BCUT2D eigenvalue weighted by molar-refractivity contribution is 7.99. The van der Waals surface area contributed by atoms with Gasteiger partial charge < -0.3 is 4.90 Å². The van der Waals surface area contributed by atoms with Crippen molar-refractivity contribution in [1.82, 2.24) is 30.1 Å². The van der Waals surface area contributed by atoms with Crippen LogP contribution in [0.25, 0.3) is 11.4 Å². The third-order valence-corrected chi connectivity index (χ3v) is 6.14. The van der Waals surface area contributed by atoms with Crippen LogP contribution >= 0.6 is 11.8 Å². The van der Waals surface area contributed by atoms with Crippen molar-refractivity contribution in [3.05, 3.63) is 54.2 Å². The molecule has 1 aliphatic rings. The number of likely N-dealkylation sites (tertiary alicyclic amines) is 1. The summed E-state index contributed by atoms with van der Waals surface area (Å²) in [6, 6.07) is 13.8. The molecule has 0 unspecified atom stereocenters. The third-order valence-electron chi connectivity index (χ3n) is 5.11. The van der Waals surface area contributed by atoms with E-state index in [0.29, 0.717) is 11.4 Å². The molecule has 3 aromatic rings. The molecule has 7 nitrogen and oxygen atoms in total. The molecule has 156 valence electrons. The lowest BCUT2D eigenvalue weighted by atomic mass is 10.2. The van der Waals surface area contributed by atoms with Crippen molar-refractivity contribution in [2.75, 3.05) is 18.8 Å². The van der Waals surface area contributed by atoms with Crippen molar-refractivity contribution in [3.8, 4) is 11.4 Å². The Morgan fingerprint density at radius 3 is 2.60 bits per heavy atom. The predicted octanol–water partition coefficient (Wildman–Crippen LogP) is 3.93. The summed E-state index contributed by atoms with van der Waals surface area (Å²) < 4.78 is 0. The second-order valence-corrected chi connectivity index (χ2v) is 8.48. The van der Waals surface area contributed by atoms with Crippen LogP contribution in [-0.4, -0.2) is 54.8 Å². The van der Waals surface area contributed by atoms with E-state index in [2.05, 4.69) is 20.4 Å². The van der Waals surface area contributed by atoms with E-state index in [1.165, 1.54) is 0 Å². The number of tetrazole rings is 1. The molecule has 0 radical (unpaired) electrons. The van der Waals surface area contributed by atoms with Gasteiger partial charge in [0.15, 0.2) is 0 Å². The molecule has 30 heavy (non-hydrogen) atoms. The lowest BCUT2D eigenvalue weighted by molar-refractivity contribution is 0.0792. The minimum absolute atomic E-state index is 0.105. The van der Waals surface area contributed by atoms with Crippen LogP contribution < -0.4 is 0 Å². The summed E-state index contributed by atoms with van der Waals surface area (Å²) in [7, 11) is 0. The number of amides is 1. The average molecular weight is 423 g/mol. The van der Waals surface area contributed by atoms with Gasteiger partial charge in [-0.25, -0.2) is 4.98 Å². The molecule has 1 aliphatic heterocycles. The molecule has 4 rings (SSSR count). The molecule has 0 N–H and O–H groups in total. The number of pyridine rings is 1. The van der Waals surface area contributed by atoms with Gasteiger partial charge in [-0.05, 0) is 48.8 Å². The molecular formula is C22H26N6OS. The van der Waals surface area contributed by atoms with Gasteiger partial charge in [-0.1, -0.05) is 36.8 Å². The minimum Gasteiger partial charge on any atom is -0.339 e. The highest BCUT2D eigenvalue weighted by Crippen LogP contribution is 2.19. The molecule has 0 saturated carbocycles. The number of hydrogen-bond acceptors (Lipinski definition) is 6. The van der Waals surface area contributed by atoms with Crippen molar-refractivity contribution in [2.45, 2.75) is 43.7 Å². The first-order valence-electron chi connectivity index (χ1n) is 10.5. The normalized spacial score (nSPS) is 13.7. The fourth-order valence-electron chi connectivity index (χ4n) is 3.44. The first kappa shape index (κ1) is 20.5. The number of carbonyl (C=O) groups excluding carboxylic acids is 1. The van der Waals surface area contributed by atoms with Crippen molar-refractivity contribution >= 4 is 17.7 Å². The number of thioether (sulfide) groups is 1. The van der Waals surface area contributed by atoms with Gasteiger partial charge in [-0.2, -0.15) is 4.80 Å². The summed E-state index contributed by atoms with van der Waals surface area (Å²) in [5, 5.41) is 13.7. The fourth-order valence-corrected chi connectivity index (χ4v) is 4.29. The molecule has 0 aliphatic carbocycles. The highest BCUT2D eigenvalue weighted by atomic mass is 32.2. The molecule has 1 aromatic carbocycles. The largest absolute Gasteiger partial charge is 0.339 e. The Bertz CT molecular complexity index is 938. The van der Waals surface area contributed by atoms with Gasteiger partial charge in [-0.15, -0.1) is 22.0 Å². The van der Waals surface area contributed by atoms with Crippen molar-refractivity contribution < 1.29 is 4.79 Å². The summed E-state index contributed by atoms with van der Waals surface area (Å²) in [5.41, 5.74) is 1.68. The Morgan fingerprint density at radius 2 is 1.83 bits per heavy atom. The Labute approximate surface area is 180 Å². The number of aromatic nitrogens is 5.